The maximum atomic E-state index is 6.19. The van der Waals surface area contributed by atoms with Crippen LogP contribution in [0.2, 0.25) is 0 Å². The average molecular weight is 313 g/mol. The molecule has 2 rings (SSSR count). The van der Waals surface area contributed by atoms with Gasteiger partial charge in [0.2, 0.25) is 0 Å². The van der Waals surface area contributed by atoms with Crippen molar-refractivity contribution >= 4 is 23.1 Å². The Kier molecular flexibility index (Phi) is 4.95. The first-order chi connectivity index (χ1) is 10.1. The highest BCUT2D eigenvalue weighted by molar-refractivity contribution is 7.99. The molecule has 21 heavy (non-hydrogen) atoms. The monoisotopic (exact) mass is 313 g/mol. The van der Waals surface area contributed by atoms with Crippen molar-refractivity contribution in [2.24, 2.45) is 0 Å². The number of thioether (sulfide) groups is 1. The lowest BCUT2D eigenvalue weighted by molar-refractivity contribution is 0.0472. The van der Waals surface area contributed by atoms with Crippen molar-refractivity contribution in [2.75, 3.05) is 44.5 Å². The van der Waals surface area contributed by atoms with Gasteiger partial charge in [-0.2, -0.15) is 0 Å². The number of nitrogens with zero attached hydrogens (tertiary/aromatic N) is 1. The molecule has 1 heterocycles. The zero-order valence-corrected chi connectivity index (χ0v) is 13.8. The molecule has 6 nitrogen and oxygen atoms in total. The van der Waals surface area contributed by atoms with E-state index < -0.39 is 0 Å². The summed E-state index contributed by atoms with van der Waals surface area (Å²) in [4.78, 5) is 3.07. The molecule has 1 aliphatic rings. The fourth-order valence-corrected chi connectivity index (χ4v) is 3.62. The quantitative estimate of drug-likeness (QED) is 0.805. The minimum absolute atomic E-state index is 0.0164. The Morgan fingerprint density at radius 2 is 1.71 bits per heavy atom. The Bertz CT molecular complexity index is 521. The molecule has 0 aromatic heterocycles. The summed E-state index contributed by atoms with van der Waals surface area (Å²) in [5.74, 6) is 2.28. The van der Waals surface area contributed by atoms with Crippen LogP contribution in [0.1, 0.15) is 13.8 Å². The minimum Gasteiger partial charge on any atom is -0.491 e. The molecular weight excluding hydrogens is 290 g/mol. The Morgan fingerprint density at radius 1 is 1.14 bits per heavy atom. The average Bonchev–Trinajstić information content (AvgIpc) is 2.51. The maximum Gasteiger partial charge on any atom is 0.189 e. The third-order valence-electron chi connectivity index (χ3n) is 3.64. The molecule has 1 aromatic rings. The lowest BCUT2D eigenvalue weighted by atomic mass is 10.2. The van der Waals surface area contributed by atoms with E-state index in [2.05, 4.69) is 18.7 Å². The standard InChI is InChI=1S/C14H23N3O3S/c1-5-17(6-2)8-7-21-14-10(16)12(19-4)11(18-3)9(15)13(14)20-8/h8H,5-7,15-16H2,1-4H3. The van der Waals surface area contributed by atoms with Gasteiger partial charge < -0.3 is 25.7 Å². The van der Waals surface area contributed by atoms with Crippen molar-refractivity contribution in [3.05, 3.63) is 0 Å². The normalized spacial score (nSPS) is 17.3. The van der Waals surface area contributed by atoms with Crippen LogP contribution in [0.25, 0.3) is 0 Å². The number of rotatable bonds is 5. The molecule has 0 saturated heterocycles. The second kappa shape index (κ2) is 6.53. The summed E-state index contributed by atoms with van der Waals surface area (Å²) in [6.07, 6.45) is -0.0164. The number of hydrogen-bond acceptors (Lipinski definition) is 7. The van der Waals surface area contributed by atoms with Gasteiger partial charge in [-0.3, -0.25) is 4.90 Å². The largest absolute Gasteiger partial charge is 0.491 e. The Morgan fingerprint density at radius 3 is 2.24 bits per heavy atom. The van der Waals surface area contributed by atoms with Crippen LogP contribution >= 0.6 is 11.8 Å². The number of methoxy groups -OCH3 is 2. The van der Waals surface area contributed by atoms with E-state index in [1.807, 2.05) is 0 Å². The lowest BCUT2D eigenvalue weighted by Crippen LogP contribution is -2.42. The van der Waals surface area contributed by atoms with Crippen LogP contribution in [0, 0.1) is 0 Å². The predicted octanol–water partition coefficient (Wildman–Crippen LogP) is 2.02. The van der Waals surface area contributed by atoms with Gasteiger partial charge in [0.1, 0.15) is 5.69 Å². The molecule has 1 unspecified atom stereocenters. The number of fused-ring (bicyclic) bond motifs is 1. The van der Waals surface area contributed by atoms with E-state index in [0.717, 1.165) is 23.7 Å². The summed E-state index contributed by atoms with van der Waals surface area (Å²) in [5.41, 5.74) is 13.3. The van der Waals surface area contributed by atoms with Gasteiger partial charge in [-0.25, -0.2) is 0 Å². The third kappa shape index (κ3) is 2.67. The van der Waals surface area contributed by atoms with Gasteiger partial charge in [0.15, 0.2) is 23.5 Å². The number of nitrogens with two attached hydrogens (primary N) is 2. The van der Waals surface area contributed by atoms with Crippen molar-refractivity contribution in [2.45, 2.75) is 25.0 Å². The molecule has 1 aliphatic heterocycles. The molecule has 0 bridgehead atoms. The fraction of sp³-hybridized carbons (Fsp3) is 0.571. The first-order valence-electron chi connectivity index (χ1n) is 6.95. The minimum atomic E-state index is -0.0164. The lowest BCUT2D eigenvalue weighted by Gasteiger charge is -2.35. The second-order valence-corrected chi connectivity index (χ2v) is 5.69. The van der Waals surface area contributed by atoms with E-state index >= 15 is 0 Å². The van der Waals surface area contributed by atoms with Crippen molar-refractivity contribution in [1.29, 1.82) is 0 Å². The predicted molar refractivity (Wildman–Crippen MR) is 86.4 cm³/mol. The van der Waals surface area contributed by atoms with Crippen LogP contribution < -0.4 is 25.7 Å². The highest BCUT2D eigenvalue weighted by atomic mass is 32.2. The zero-order valence-electron chi connectivity index (χ0n) is 12.9. The van der Waals surface area contributed by atoms with E-state index in [-0.39, 0.29) is 6.23 Å². The molecule has 0 fully saturated rings. The van der Waals surface area contributed by atoms with Gasteiger partial charge in [0, 0.05) is 5.75 Å². The SMILES string of the molecule is CCN(CC)C1CSc2c(N)c(OC)c(OC)c(N)c2O1. The zero-order chi connectivity index (χ0) is 15.6. The summed E-state index contributed by atoms with van der Waals surface area (Å²) in [7, 11) is 3.09. The van der Waals surface area contributed by atoms with Crippen LogP contribution in [-0.2, 0) is 0 Å². The number of hydrogen-bond donors (Lipinski definition) is 2. The molecule has 7 heteroatoms. The molecule has 0 spiro atoms. The van der Waals surface area contributed by atoms with Crippen LogP contribution in [0.15, 0.2) is 4.90 Å². The van der Waals surface area contributed by atoms with E-state index in [9.17, 15) is 0 Å². The molecule has 1 aromatic carbocycles. The Labute approximate surface area is 129 Å². The van der Waals surface area contributed by atoms with Crippen LogP contribution in [-0.4, -0.2) is 44.2 Å². The molecule has 0 radical (unpaired) electrons. The molecule has 0 saturated carbocycles. The van der Waals surface area contributed by atoms with Crippen LogP contribution in [0.5, 0.6) is 17.2 Å². The van der Waals surface area contributed by atoms with Gasteiger partial charge >= 0.3 is 0 Å². The fourth-order valence-electron chi connectivity index (χ4n) is 2.50. The van der Waals surface area contributed by atoms with Crippen LogP contribution in [0.3, 0.4) is 0 Å². The van der Waals surface area contributed by atoms with Crippen molar-refractivity contribution in [1.82, 2.24) is 4.90 Å². The molecule has 0 aliphatic carbocycles. The first-order valence-corrected chi connectivity index (χ1v) is 7.93. The van der Waals surface area contributed by atoms with Crippen LogP contribution in [0.4, 0.5) is 11.4 Å². The van der Waals surface area contributed by atoms with E-state index in [1.165, 1.54) is 7.11 Å². The molecule has 0 amide bonds. The number of nitrogen functional groups attached to an aromatic ring is 2. The van der Waals surface area contributed by atoms with Gasteiger partial charge in [0.05, 0.1) is 24.8 Å². The molecule has 4 N–H and O–H groups in total. The molecular formula is C14H23N3O3S. The summed E-state index contributed by atoms with van der Waals surface area (Å²) in [5, 5.41) is 0. The van der Waals surface area contributed by atoms with Gasteiger partial charge in [0.25, 0.3) is 0 Å². The van der Waals surface area contributed by atoms with Gasteiger partial charge in [-0.05, 0) is 13.1 Å². The molecule has 1 atom stereocenters. The van der Waals surface area contributed by atoms with Crippen molar-refractivity contribution in [3.63, 3.8) is 0 Å². The van der Waals surface area contributed by atoms with Gasteiger partial charge in [-0.15, -0.1) is 11.8 Å². The highest BCUT2D eigenvalue weighted by Gasteiger charge is 2.32. The summed E-state index contributed by atoms with van der Waals surface area (Å²) >= 11 is 1.64. The Balaban J connectivity index is 2.46. The van der Waals surface area contributed by atoms with E-state index in [0.29, 0.717) is 28.6 Å². The second-order valence-electron chi connectivity index (χ2n) is 4.66. The number of benzene rings is 1. The topological polar surface area (TPSA) is 83.0 Å². The number of ether oxygens (including phenoxy) is 3. The van der Waals surface area contributed by atoms with Crippen molar-refractivity contribution in [3.8, 4) is 17.2 Å². The van der Waals surface area contributed by atoms with Crippen molar-refractivity contribution < 1.29 is 14.2 Å². The first kappa shape index (κ1) is 15.9. The maximum absolute atomic E-state index is 6.19. The third-order valence-corrected chi connectivity index (χ3v) is 4.79. The summed E-state index contributed by atoms with van der Waals surface area (Å²) < 4.78 is 16.7. The highest BCUT2D eigenvalue weighted by Crippen LogP contribution is 2.54. The summed E-state index contributed by atoms with van der Waals surface area (Å²) in [6.45, 7) is 6.05. The number of anilines is 2. The summed E-state index contributed by atoms with van der Waals surface area (Å²) in [6, 6.07) is 0. The Hall–Kier alpha value is -1.47. The van der Waals surface area contributed by atoms with Gasteiger partial charge in [-0.1, -0.05) is 13.8 Å². The molecule has 118 valence electrons. The smallest absolute Gasteiger partial charge is 0.189 e. The van der Waals surface area contributed by atoms with E-state index in [1.54, 1.807) is 18.9 Å². The van der Waals surface area contributed by atoms with E-state index in [4.69, 9.17) is 25.7 Å².